The van der Waals surface area contributed by atoms with E-state index in [1.165, 1.54) is 5.56 Å². The van der Waals surface area contributed by atoms with Crippen LogP contribution in [-0.2, 0) is 0 Å². The fraction of sp³-hybridized carbons (Fsp3) is 0.300. The summed E-state index contributed by atoms with van der Waals surface area (Å²) in [6.45, 7) is 4.87. The lowest BCUT2D eigenvalue weighted by molar-refractivity contribution is -0.686. The highest BCUT2D eigenvalue weighted by Crippen LogP contribution is 2.23. The molecule has 2 unspecified atom stereocenters. The molecule has 0 fully saturated rings. The van der Waals surface area contributed by atoms with E-state index in [1.807, 2.05) is 50.2 Å². The van der Waals surface area contributed by atoms with Gasteiger partial charge in [-0.2, -0.15) is 0 Å². The molecule has 2 atom stereocenters. The molecular weight excluding hydrogens is 322 g/mol. The van der Waals surface area contributed by atoms with Crippen LogP contribution in [0.4, 0.5) is 0 Å². The first kappa shape index (κ1) is 20.2. The summed E-state index contributed by atoms with van der Waals surface area (Å²) < 4.78 is 5.26. The Morgan fingerprint density at radius 3 is 2.50 bits per heavy atom. The van der Waals surface area contributed by atoms with E-state index >= 15 is 0 Å². The van der Waals surface area contributed by atoms with Gasteiger partial charge in [0.05, 0.1) is 13.7 Å². The van der Waals surface area contributed by atoms with E-state index in [4.69, 9.17) is 4.74 Å². The van der Waals surface area contributed by atoms with E-state index in [1.54, 1.807) is 7.11 Å². The summed E-state index contributed by atoms with van der Waals surface area (Å²) in [6, 6.07) is 16.2. The van der Waals surface area contributed by atoms with Gasteiger partial charge < -0.3 is 27.6 Å². The van der Waals surface area contributed by atoms with Gasteiger partial charge in [0.25, 0.3) is 0 Å². The number of rotatable bonds is 7. The standard InChI is InChI=1S/C20H25NO2.ClH/c1-15-14-18(11-12-19(15)23-3)20(22)16(2)21-13-7-10-17-8-5-4-6-9-17;/h4-12,14,16,20-22H,13H2,1-3H3;1H/b10-7+;. The Bertz CT molecular complexity index is 643. The van der Waals surface area contributed by atoms with Gasteiger partial charge in [0.1, 0.15) is 17.9 Å². The van der Waals surface area contributed by atoms with Crippen LogP contribution in [0.5, 0.6) is 5.75 Å². The Balaban J connectivity index is 0.00000288. The van der Waals surface area contributed by atoms with E-state index in [9.17, 15) is 5.11 Å². The fourth-order valence-corrected chi connectivity index (χ4v) is 2.58. The lowest BCUT2D eigenvalue weighted by Gasteiger charge is -2.18. The van der Waals surface area contributed by atoms with Crippen molar-refractivity contribution in [2.45, 2.75) is 26.0 Å². The van der Waals surface area contributed by atoms with Crippen molar-refractivity contribution in [2.24, 2.45) is 0 Å². The Labute approximate surface area is 150 Å². The molecule has 0 saturated heterocycles. The van der Waals surface area contributed by atoms with Gasteiger partial charge in [0.2, 0.25) is 0 Å². The van der Waals surface area contributed by atoms with Gasteiger partial charge in [0, 0.05) is 0 Å². The van der Waals surface area contributed by atoms with Crippen molar-refractivity contribution in [1.29, 1.82) is 0 Å². The molecule has 0 spiro atoms. The van der Waals surface area contributed by atoms with Crippen LogP contribution in [0.3, 0.4) is 0 Å². The molecule has 2 rings (SSSR count). The Kier molecular flexibility index (Phi) is 8.55. The number of benzene rings is 2. The maximum Gasteiger partial charge on any atom is 0.130 e. The SMILES string of the molecule is COc1ccc(C(O)C(C)[NH2+]C/C=C/c2ccccc2)cc1C.[Cl-]. The van der Waals surface area contributed by atoms with Crippen LogP contribution in [0, 0.1) is 6.92 Å². The Morgan fingerprint density at radius 2 is 1.88 bits per heavy atom. The lowest BCUT2D eigenvalue weighted by Crippen LogP contribution is -3.00. The summed E-state index contributed by atoms with van der Waals surface area (Å²) in [5.74, 6) is 0.850. The zero-order valence-electron chi connectivity index (χ0n) is 14.4. The molecule has 3 N–H and O–H groups in total. The maximum atomic E-state index is 10.5. The van der Waals surface area contributed by atoms with Gasteiger partial charge in [-0.15, -0.1) is 0 Å². The minimum Gasteiger partial charge on any atom is -1.00 e. The van der Waals surface area contributed by atoms with E-state index in [2.05, 4.69) is 29.6 Å². The Morgan fingerprint density at radius 1 is 1.17 bits per heavy atom. The zero-order valence-corrected chi connectivity index (χ0v) is 15.2. The molecule has 0 bridgehead atoms. The second-order valence-electron chi connectivity index (χ2n) is 5.82. The van der Waals surface area contributed by atoms with Gasteiger partial charge in [-0.3, -0.25) is 0 Å². The van der Waals surface area contributed by atoms with Gasteiger partial charge in [-0.05, 0) is 48.7 Å². The van der Waals surface area contributed by atoms with Crippen LogP contribution < -0.4 is 22.5 Å². The lowest BCUT2D eigenvalue weighted by atomic mass is 10.0. The smallest absolute Gasteiger partial charge is 0.130 e. The van der Waals surface area contributed by atoms with E-state index in [-0.39, 0.29) is 18.4 Å². The molecule has 0 aromatic heterocycles. The minimum atomic E-state index is -0.496. The molecule has 0 heterocycles. The van der Waals surface area contributed by atoms with Crippen molar-refractivity contribution in [3.63, 3.8) is 0 Å². The third-order valence-electron chi connectivity index (χ3n) is 4.01. The van der Waals surface area contributed by atoms with Gasteiger partial charge in [-0.1, -0.05) is 42.5 Å². The number of halogens is 1. The number of ether oxygens (including phenoxy) is 1. The molecule has 130 valence electrons. The molecule has 3 nitrogen and oxygen atoms in total. The summed E-state index contributed by atoms with van der Waals surface area (Å²) >= 11 is 0. The van der Waals surface area contributed by atoms with Crippen LogP contribution in [0.1, 0.15) is 29.7 Å². The fourth-order valence-electron chi connectivity index (χ4n) is 2.58. The molecule has 0 saturated carbocycles. The van der Waals surface area contributed by atoms with Crippen molar-refractivity contribution < 1.29 is 27.6 Å². The van der Waals surface area contributed by atoms with Crippen LogP contribution in [0.15, 0.2) is 54.6 Å². The third-order valence-corrected chi connectivity index (χ3v) is 4.01. The van der Waals surface area contributed by atoms with E-state index < -0.39 is 6.10 Å². The largest absolute Gasteiger partial charge is 1.00 e. The summed E-state index contributed by atoms with van der Waals surface area (Å²) in [7, 11) is 1.66. The van der Waals surface area contributed by atoms with Gasteiger partial charge >= 0.3 is 0 Å². The molecular formula is C20H26ClNO2. The van der Waals surface area contributed by atoms with Crippen LogP contribution in [0.25, 0.3) is 6.08 Å². The van der Waals surface area contributed by atoms with Crippen LogP contribution in [0.2, 0.25) is 0 Å². The van der Waals surface area contributed by atoms with Crippen LogP contribution >= 0.6 is 0 Å². The molecule has 0 aliphatic rings. The highest BCUT2D eigenvalue weighted by molar-refractivity contribution is 5.48. The molecule has 0 aliphatic heterocycles. The quantitative estimate of drug-likeness (QED) is 0.723. The first-order valence-electron chi connectivity index (χ1n) is 7.99. The van der Waals surface area contributed by atoms with Crippen molar-refractivity contribution in [2.75, 3.05) is 13.7 Å². The molecule has 2 aromatic carbocycles. The van der Waals surface area contributed by atoms with Crippen LogP contribution in [-0.4, -0.2) is 24.8 Å². The van der Waals surface area contributed by atoms with E-state index in [0.29, 0.717) is 0 Å². The second-order valence-corrected chi connectivity index (χ2v) is 5.82. The van der Waals surface area contributed by atoms with Crippen molar-refractivity contribution in [1.82, 2.24) is 0 Å². The topological polar surface area (TPSA) is 46.1 Å². The monoisotopic (exact) mass is 347 g/mol. The summed E-state index contributed by atoms with van der Waals surface area (Å²) in [6.07, 6.45) is 3.73. The average molecular weight is 348 g/mol. The van der Waals surface area contributed by atoms with Crippen molar-refractivity contribution >= 4 is 6.08 Å². The third kappa shape index (κ3) is 5.68. The Hall–Kier alpha value is -1.81. The summed E-state index contributed by atoms with van der Waals surface area (Å²) in [5.41, 5.74) is 3.17. The highest BCUT2D eigenvalue weighted by atomic mass is 35.5. The molecule has 0 radical (unpaired) electrons. The number of nitrogens with two attached hydrogens (primary N) is 1. The first-order chi connectivity index (χ1) is 11.1. The molecule has 0 amide bonds. The normalized spacial score (nSPS) is 13.3. The summed E-state index contributed by atoms with van der Waals surface area (Å²) in [5, 5.41) is 12.6. The number of aliphatic hydroxyl groups is 1. The number of aliphatic hydroxyl groups excluding tert-OH is 1. The van der Waals surface area contributed by atoms with E-state index in [0.717, 1.165) is 23.4 Å². The van der Waals surface area contributed by atoms with Gasteiger partial charge in [0.15, 0.2) is 0 Å². The number of aryl methyl sites for hydroxylation is 1. The number of methoxy groups -OCH3 is 1. The first-order valence-corrected chi connectivity index (χ1v) is 7.99. The maximum absolute atomic E-state index is 10.5. The zero-order chi connectivity index (χ0) is 16.7. The average Bonchev–Trinajstić information content (AvgIpc) is 2.58. The second kappa shape index (κ2) is 10.1. The highest BCUT2D eigenvalue weighted by Gasteiger charge is 2.19. The number of hydrogen-bond donors (Lipinski definition) is 2. The predicted octanol–water partition coefficient (Wildman–Crippen LogP) is -0.294. The predicted molar refractivity (Wildman–Crippen MR) is 94.4 cm³/mol. The van der Waals surface area contributed by atoms with Crippen molar-refractivity contribution in [3.8, 4) is 5.75 Å². The molecule has 0 aliphatic carbocycles. The molecule has 2 aromatic rings. The molecule has 24 heavy (non-hydrogen) atoms. The minimum absolute atomic E-state index is 0. The molecule has 4 heteroatoms. The number of quaternary nitrogens is 1. The number of hydrogen-bond acceptors (Lipinski definition) is 2. The van der Waals surface area contributed by atoms with Gasteiger partial charge in [-0.25, -0.2) is 0 Å². The summed E-state index contributed by atoms with van der Waals surface area (Å²) in [4.78, 5) is 0. The van der Waals surface area contributed by atoms with Crippen molar-refractivity contribution in [3.05, 3.63) is 71.3 Å².